The molecule has 2 amide bonds. The Morgan fingerprint density at radius 3 is 2.37 bits per heavy atom. The van der Waals surface area contributed by atoms with E-state index in [1.165, 1.54) is 32.4 Å². The fourth-order valence-corrected chi connectivity index (χ4v) is 4.73. The molecule has 0 atom stereocenters. The topological polar surface area (TPSA) is 44.8 Å². The number of methoxy groups -OCH3 is 1. The smallest absolute Gasteiger partial charge is 0.321 e. The fraction of sp³-hybridized carbons (Fsp3) is 0.458. The lowest BCUT2D eigenvalue weighted by Crippen LogP contribution is -2.49. The van der Waals surface area contributed by atoms with Crippen LogP contribution >= 0.6 is 11.6 Å². The van der Waals surface area contributed by atoms with Gasteiger partial charge in [-0.05, 0) is 74.7 Å². The quantitative estimate of drug-likeness (QED) is 0.700. The molecule has 2 fully saturated rings. The monoisotopic (exact) mass is 427 g/mol. The van der Waals surface area contributed by atoms with Gasteiger partial charge in [-0.2, -0.15) is 0 Å². The number of amides is 2. The molecule has 0 aromatic heterocycles. The molecule has 2 heterocycles. The van der Waals surface area contributed by atoms with E-state index in [9.17, 15) is 4.79 Å². The Balaban J connectivity index is 1.34. The number of rotatable bonds is 4. The molecule has 0 unspecified atom stereocenters. The maximum Gasteiger partial charge on any atom is 0.321 e. The summed E-state index contributed by atoms with van der Waals surface area (Å²) < 4.78 is 5.44. The number of piperidine rings is 2. The summed E-state index contributed by atoms with van der Waals surface area (Å²) in [6.07, 6.45) is 6.14. The van der Waals surface area contributed by atoms with E-state index in [1.54, 1.807) is 7.11 Å². The zero-order valence-corrected chi connectivity index (χ0v) is 18.3. The minimum absolute atomic E-state index is 0.0137. The van der Waals surface area contributed by atoms with Gasteiger partial charge in [0.1, 0.15) is 5.75 Å². The number of halogens is 1. The lowest BCUT2D eigenvalue weighted by Gasteiger charge is -2.40. The van der Waals surface area contributed by atoms with Gasteiger partial charge in [0.05, 0.1) is 7.11 Å². The minimum Gasteiger partial charge on any atom is -0.496 e. The van der Waals surface area contributed by atoms with Crippen LogP contribution < -0.4 is 10.1 Å². The first-order chi connectivity index (χ1) is 14.6. The van der Waals surface area contributed by atoms with Crippen molar-refractivity contribution in [1.82, 2.24) is 9.80 Å². The summed E-state index contributed by atoms with van der Waals surface area (Å²) in [4.78, 5) is 17.3. The van der Waals surface area contributed by atoms with Gasteiger partial charge >= 0.3 is 6.03 Å². The van der Waals surface area contributed by atoms with Gasteiger partial charge in [0.25, 0.3) is 0 Å². The number of benzene rings is 2. The third kappa shape index (κ3) is 4.90. The van der Waals surface area contributed by atoms with E-state index in [4.69, 9.17) is 16.3 Å². The maximum absolute atomic E-state index is 12.7. The summed E-state index contributed by atoms with van der Waals surface area (Å²) in [7, 11) is 1.65. The van der Waals surface area contributed by atoms with Crippen LogP contribution in [0, 0.1) is 0 Å². The van der Waals surface area contributed by atoms with Crippen LogP contribution in [-0.2, 0) is 0 Å². The van der Waals surface area contributed by atoms with Crippen LogP contribution in [0.15, 0.2) is 42.5 Å². The van der Waals surface area contributed by atoms with Crippen molar-refractivity contribution in [3.8, 4) is 16.9 Å². The molecule has 2 aromatic rings. The van der Waals surface area contributed by atoms with Gasteiger partial charge in [-0.15, -0.1) is 0 Å². The van der Waals surface area contributed by atoms with Crippen LogP contribution in [0.4, 0.5) is 10.5 Å². The normalized spacial score (nSPS) is 18.3. The zero-order chi connectivity index (χ0) is 20.9. The maximum atomic E-state index is 12.7. The molecule has 6 heteroatoms. The van der Waals surface area contributed by atoms with E-state index in [2.05, 4.69) is 10.2 Å². The summed E-state index contributed by atoms with van der Waals surface area (Å²) in [5, 5.41) is 3.70. The van der Waals surface area contributed by atoms with Gasteiger partial charge in [-0.3, -0.25) is 0 Å². The van der Waals surface area contributed by atoms with Crippen molar-refractivity contribution in [3.63, 3.8) is 0 Å². The number of nitrogens with zero attached hydrogens (tertiary/aromatic N) is 2. The first-order valence-corrected chi connectivity index (χ1v) is 11.3. The number of carbonyl (C=O) groups excluding carboxylic acids is 1. The minimum atomic E-state index is -0.0137. The van der Waals surface area contributed by atoms with Crippen LogP contribution in [0.2, 0.25) is 5.02 Å². The fourth-order valence-electron chi connectivity index (χ4n) is 4.56. The van der Waals surface area contributed by atoms with Gasteiger partial charge in [-0.25, -0.2) is 4.79 Å². The van der Waals surface area contributed by atoms with Crippen molar-refractivity contribution >= 4 is 23.3 Å². The van der Waals surface area contributed by atoms with Crippen LogP contribution in [0.5, 0.6) is 5.75 Å². The molecule has 30 heavy (non-hydrogen) atoms. The standard InChI is InChI=1S/C24H30ClN3O2/c1-30-23-10-7-19(25)17-22(23)18-5-8-20(9-6-18)26-24(29)28-15-11-21(12-16-28)27-13-3-2-4-14-27/h5-10,17,21H,2-4,11-16H2,1H3,(H,26,29). The Labute approximate surface area is 184 Å². The third-order valence-corrected chi connectivity index (χ3v) is 6.50. The highest BCUT2D eigenvalue weighted by atomic mass is 35.5. The number of nitrogens with one attached hydrogen (secondary N) is 1. The predicted molar refractivity (Wildman–Crippen MR) is 122 cm³/mol. The second-order valence-corrected chi connectivity index (χ2v) is 8.60. The Kier molecular flexibility index (Phi) is 6.80. The average molecular weight is 428 g/mol. The van der Waals surface area contributed by atoms with Crippen LogP contribution in [0.3, 0.4) is 0 Å². The molecule has 2 aromatic carbocycles. The summed E-state index contributed by atoms with van der Waals surface area (Å²) in [6.45, 7) is 4.09. The van der Waals surface area contributed by atoms with Crippen LogP contribution in [-0.4, -0.2) is 55.2 Å². The largest absolute Gasteiger partial charge is 0.496 e. The van der Waals surface area contributed by atoms with Crippen molar-refractivity contribution in [2.24, 2.45) is 0 Å². The SMILES string of the molecule is COc1ccc(Cl)cc1-c1ccc(NC(=O)N2CCC(N3CCCCC3)CC2)cc1. The summed E-state index contributed by atoms with van der Waals surface area (Å²) in [6, 6.07) is 14.0. The molecule has 1 N–H and O–H groups in total. The highest BCUT2D eigenvalue weighted by molar-refractivity contribution is 6.31. The van der Waals surface area contributed by atoms with E-state index in [0.717, 1.165) is 48.5 Å². The molecule has 0 spiro atoms. The van der Waals surface area contributed by atoms with E-state index in [0.29, 0.717) is 11.1 Å². The molecule has 2 saturated heterocycles. The molecule has 0 radical (unpaired) electrons. The molecule has 4 rings (SSSR count). The lowest BCUT2D eigenvalue weighted by atomic mass is 10.00. The molecule has 160 valence electrons. The first kappa shape index (κ1) is 21.0. The molecular formula is C24H30ClN3O2. The molecule has 0 saturated carbocycles. The number of carbonyl (C=O) groups is 1. The number of anilines is 1. The molecular weight excluding hydrogens is 398 g/mol. The highest BCUT2D eigenvalue weighted by Crippen LogP contribution is 2.33. The molecule has 2 aliphatic rings. The van der Waals surface area contributed by atoms with Gasteiger partial charge in [0, 0.05) is 35.4 Å². The summed E-state index contributed by atoms with van der Waals surface area (Å²) in [5.74, 6) is 0.771. The highest BCUT2D eigenvalue weighted by Gasteiger charge is 2.27. The predicted octanol–water partition coefficient (Wildman–Crippen LogP) is 5.50. The lowest BCUT2D eigenvalue weighted by molar-refractivity contribution is 0.104. The van der Waals surface area contributed by atoms with E-state index in [-0.39, 0.29) is 6.03 Å². The number of hydrogen-bond acceptors (Lipinski definition) is 3. The molecule has 2 aliphatic heterocycles. The zero-order valence-electron chi connectivity index (χ0n) is 17.6. The number of likely N-dealkylation sites (tertiary alicyclic amines) is 2. The second-order valence-electron chi connectivity index (χ2n) is 8.17. The van der Waals surface area contributed by atoms with Crippen molar-refractivity contribution in [1.29, 1.82) is 0 Å². The number of hydrogen-bond donors (Lipinski definition) is 1. The number of urea groups is 1. The van der Waals surface area contributed by atoms with Gasteiger partial charge in [-0.1, -0.05) is 30.2 Å². The van der Waals surface area contributed by atoms with Crippen molar-refractivity contribution < 1.29 is 9.53 Å². The van der Waals surface area contributed by atoms with Gasteiger partial charge in [0.2, 0.25) is 0 Å². The van der Waals surface area contributed by atoms with Crippen molar-refractivity contribution in [2.75, 3.05) is 38.6 Å². The Morgan fingerprint density at radius 2 is 1.70 bits per heavy atom. The van der Waals surface area contributed by atoms with Crippen molar-refractivity contribution in [2.45, 2.75) is 38.1 Å². The number of ether oxygens (including phenoxy) is 1. The first-order valence-electron chi connectivity index (χ1n) is 10.9. The Bertz CT molecular complexity index is 857. The Morgan fingerprint density at radius 1 is 1.00 bits per heavy atom. The molecule has 0 bridgehead atoms. The Hall–Kier alpha value is -2.24. The summed E-state index contributed by atoms with van der Waals surface area (Å²) in [5.41, 5.74) is 2.72. The van der Waals surface area contributed by atoms with E-state index < -0.39 is 0 Å². The third-order valence-electron chi connectivity index (χ3n) is 6.27. The van der Waals surface area contributed by atoms with Gasteiger partial charge < -0.3 is 19.9 Å². The summed E-state index contributed by atoms with van der Waals surface area (Å²) >= 11 is 6.15. The molecule has 0 aliphatic carbocycles. The molecule has 5 nitrogen and oxygen atoms in total. The van der Waals surface area contributed by atoms with Crippen molar-refractivity contribution in [3.05, 3.63) is 47.5 Å². The van der Waals surface area contributed by atoms with E-state index >= 15 is 0 Å². The second kappa shape index (κ2) is 9.71. The average Bonchev–Trinajstić information content (AvgIpc) is 2.80. The van der Waals surface area contributed by atoms with E-state index in [1.807, 2.05) is 47.4 Å². The van der Waals surface area contributed by atoms with Crippen LogP contribution in [0.1, 0.15) is 32.1 Å². The van der Waals surface area contributed by atoms with Crippen LogP contribution in [0.25, 0.3) is 11.1 Å². The van der Waals surface area contributed by atoms with Gasteiger partial charge in [0.15, 0.2) is 0 Å².